The smallest absolute Gasteiger partial charge is 0.271 e. The van der Waals surface area contributed by atoms with E-state index in [0.717, 1.165) is 35.0 Å². The molecule has 8 nitrogen and oxygen atoms in total. The van der Waals surface area contributed by atoms with Crippen LogP contribution < -0.4 is 19.7 Å². The molecule has 3 aromatic rings. The Hall–Kier alpha value is -2.21. The molecule has 30 heavy (non-hydrogen) atoms. The van der Waals surface area contributed by atoms with Gasteiger partial charge in [0.2, 0.25) is 0 Å². The third-order valence-corrected chi connectivity index (χ3v) is 8.28. The van der Waals surface area contributed by atoms with E-state index in [0.29, 0.717) is 29.2 Å². The van der Waals surface area contributed by atoms with Gasteiger partial charge in [-0.3, -0.25) is 4.72 Å². The van der Waals surface area contributed by atoms with Crippen LogP contribution in [0.15, 0.2) is 39.9 Å². The minimum absolute atomic E-state index is 0.211. The normalized spacial score (nSPS) is 19.6. The number of benzene rings is 1. The highest BCUT2D eigenvalue weighted by Gasteiger charge is 2.24. The standard InChI is InChI=1S/C19H23N5O3S3/c1-12-9-24(10-13(2)20-12)14-4-5-17(27-3)15(8-14)22-30(25,26)19-7-6-18(29-19)16-11-28-23-21-16/h4-8,11-13,20,22H,9-10H2,1-3H3/t12-,13+. The van der Waals surface area contributed by atoms with Crippen molar-refractivity contribution in [1.82, 2.24) is 14.9 Å². The molecule has 1 aromatic carbocycles. The maximum absolute atomic E-state index is 13.0. The second-order valence-corrected chi connectivity index (χ2v) is 10.9. The summed E-state index contributed by atoms with van der Waals surface area (Å²) < 4.78 is 38.2. The van der Waals surface area contributed by atoms with E-state index in [-0.39, 0.29) is 4.21 Å². The van der Waals surface area contributed by atoms with Crippen LogP contribution in [-0.4, -0.2) is 50.3 Å². The molecule has 2 atom stereocenters. The number of sulfonamides is 1. The number of hydrogen-bond donors (Lipinski definition) is 2. The van der Waals surface area contributed by atoms with Crippen molar-refractivity contribution in [3.05, 3.63) is 35.7 Å². The summed E-state index contributed by atoms with van der Waals surface area (Å²) in [6.45, 7) is 5.97. The number of nitrogens with one attached hydrogen (secondary N) is 2. The Kier molecular flexibility index (Phi) is 5.96. The minimum Gasteiger partial charge on any atom is -0.495 e. The Labute approximate surface area is 184 Å². The number of anilines is 2. The molecular formula is C19H23N5O3S3. The number of aromatic nitrogens is 2. The summed E-state index contributed by atoms with van der Waals surface area (Å²) in [5.74, 6) is 0.471. The van der Waals surface area contributed by atoms with Gasteiger partial charge in [0.15, 0.2) is 0 Å². The van der Waals surface area contributed by atoms with E-state index in [1.54, 1.807) is 23.6 Å². The van der Waals surface area contributed by atoms with E-state index in [4.69, 9.17) is 4.74 Å². The predicted octanol–water partition coefficient (Wildman–Crippen LogP) is 3.26. The van der Waals surface area contributed by atoms with Gasteiger partial charge in [0.05, 0.1) is 17.7 Å². The number of piperazine rings is 1. The van der Waals surface area contributed by atoms with Crippen LogP contribution in [0, 0.1) is 0 Å². The van der Waals surface area contributed by atoms with Gasteiger partial charge in [0, 0.05) is 36.2 Å². The molecule has 3 heterocycles. The van der Waals surface area contributed by atoms with Crippen molar-refractivity contribution in [2.24, 2.45) is 0 Å². The molecule has 160 valence electrons. The largest absolute Gasteiger partial charge is 0.495 e. The highest BCUT2D eigenvalue weighted by atomic mass is 32.2. The molecule has 0 aliphatic carbocycles. The molecule has 0 radical (unpaired) electrons. The summed E-state index contributed by atoms with van der Waals surface area (Å²) in [7, 11) is -2.24. The van der Waals surface area contributed by atoms with E-state index in [9.17, 15) is 8.42 Å². The third kappa shape index (κ3) is 4.43. The zero-order valence-electron chi connectivity index (χ0n) is 16.8. The summed E-state index contributed by atoms with van der Waals surface area (Å²) in [5, 5.41) is 9.30. The first-order valence-corrected chi connectivity index (χ1v) is 12.6. The summed E-state index contributed by atoms with van der Waals surface area (Å²) in [5.41, 5.74) is 2.04. The van der Waals surface area contributed by atoms with Crippen LogP contribution in [0.1, 0.15) is 13.8 Å². The summed E-state index contributed by atoms with van der Waals surface area (Å²) in [4.78, 5) is 3.01. The molecule has 1 saturated heterocycles. The van der Waals surface area contributed by atoms with Gasteiger partial charge in [-0.05, 0) is 55.7 Å². The Morgan fingerprint density at radius 1 is 1.20 bits per heavy atom. The summed E-state index contributed by atoms with van der Waals surface area (Å²) in [6, 6.07) is 9.61. The molecule has 1 aliphatic rings. The highest BCUT2D eigenvalue weighted by Crippen LogP contribution is 2.35. The lowest BCUT2D eigenvalue weighted by atomic mass is 10.1. The lowest BCUT2D eigenvalue weighted by Gasteiger charge is -2.38. The monoisotopic (exact) mass is 465 g/mol. The van der Waals surface area contributed by atoms with Gasteiger partial charge in [0.25, 0.3) is 10.0 Å². The lowest BCUT2D eigenvalue weighted by molar-refractivity contribution is 0.406. The van der Waals surface area contributed by atoms with Crippen LogP contribution >= 0.6 is 22.9 Å². The van der Waals surface area contributed by atoms with Crippen LogP contribution in [-0.2, 0) is 10.0 Å². The van der Waals surface area contributed by atoms with Crippen molar-refractivity contribution in [2.45, 2.75) is 30.1 Å². The first-order chi connectivity index (χ1) is 14.4. The van der Waals surface area contributed by atoms with Crippen LogP contribution in [0.3, 0.4) is 0 Å². The van der Waals surface area contributed by atoms with Gasteiger partial charge >= 0.3 is 0 Å². The van der Waals surface area contributed by atoms with Crippen LogP contribution in [0.2, 0.25) is 0 Å². The van der Waals surface area contributed by atoms with Gasteiger partial charge < -0.3 is 15.0 Å². The summed E-state index contributed by atoms with van der Waals surface area (Å²) >= 11 is 2.39. The van der Waals surface area contributed by atoms with Gasteiger partial charge in [0.1, 0.15) is 15.7 Å². The van der Waals surface area contributed by atoms with Gasteiger partial charge in [-0.25, -0.2) is 8.42 Å². The zero-order valence-corrected chi connectivity index (χ0v) is 19.3. The van der Waals surface area contributed by atoms with Crippen molar-refractivity contribution in [3.8, 4) is 16.3 Å². The van der Waals surface area contributed by atoms with Crippen molar-refractivity contribution in [3.63, 3.8) is 0 Å². The number of thiophene rings is 1. The van der Waals surface area contributed by atoms with Crippen LogP contribution in [0.25, 0.3) is 10.6 Å². The van der Waals surface area contributed by atoms with Crippen LogP contribution in [0.5, 0.6) is 5.75 Å². The molecule has 0 saturated carbocycles. The topological polar surface area (TPSA) is 96.5 Å². The van der Waals surface area contributed by atoms with Gasteiger partial charge in [-0.1, -0.05) is 4.49 Å². The minimum atomic E-state index is -3.77. The molecule has 0 unspecified atom stereocenters. The average Bonchev–Trinajstić information content (AvgIpc) is 3.39. The van der Waals surface area contributed by atoms with Crippen molar-refractivity contribution in [2.75, 3.05) is 29.8 Å². The van der Waals surface area contributed by atoms with Crippen molar-refractivity contribution in [1.29, 1.82) is 0 Å². The molecule has 2 N–H and O–H groups in total. The Bertz CT molecular complexity index is 1100. The molecule has 0 bridgehead atoms. The molecule has 11 heteroatoms. The van der Waals surface area contributed by atoms with E-state index < -0.39 is 10.0 Å². The number of nitrogens with zero attached hydrogens (tertiary/aromatic N) is 3. The molecule has 2 aromatic heterocycles. The fourth-order valence-corrected chi connectivity index (χ4v) is 6.43. The molecule has 0 amide bonds. The Morgan fingerprint density at radius 3 is 2.63 bits per heavy atom. The molecular weight excluding hydrogens is 442 g/mol. The Morgan fingerprint density at radius 2 is 1.97 bits per heavy atom. The molecule has 1 fully saturated rings. The number of methoxy groups -OCH3 is 1. The number of hydrogen-bond acceptors (Lipinski definition) is 9. The fourth-order valence-electron chi connectivity index (χ4n) is 3.58. The van der Waals surface area contributed by atoms with Gasteiger partial charge in [-0.2, -0.15) is 0 Å². The summed E-state index contributed by atoms with van der Waals surface area (Å²) in [6.07, 6.45) is 0. The van der Waals surface area contributed by atoms with Crippen molar-refractivity contribution >= 4 is 44.3 Å². The average molecular weight is 466 g/mol. The first-order valence-electron chi connectivity index (χ1n) is 9.45. The second kappa shape index (κ2) is 8.50. The van der Waals surface area contributed by atoms with Gasteiger partial charge in [-0.15, -0.1) is 16.4 Å². The third-order valence-electron chi connectivity index (χ3n) is 4.81. The maximum atomic E-state index is 13.0. The first kappa shape index (κ1) is 21.0. The van der Waals surface area contributed by atoms with Crippen molar-refractivity contribution < 1.29 is 13.2 Å². The SMILES string of the molecule is COc1ccc(N2C[C@@H](C)N[C@@H](C)C2)cc1NS(=O)(=O)c1ccc(-c2csnn2)s1. The predicted molar refractivity (Wildman–Crippen MR) is 121 cm³/mol. The van der Waals surface area contributed by atoms with E-state index >= 15 is 0 Å². The number of rotatable bonds is 6. The highest BCUT2D eigenvalue weighted by molar-refractivity contribution is 7.94. The van der Waals surface area contributed by atoms with Crippen LogP contribution in [0.4, 0.5) is 11.4 Å². The number of ether oxygens (including phenoxy) is 1. The zero-order chi connectivity index (χ0) is 21.3. The van der Waals surface area contributed by atoms with E-state index in [1.807, 2.05) is 12.1 Å². The van der Waals surface area contributed by atoms with E-state index in [2.05, 4.69) is 38.4 Å². The quantitative estimate of drug-likeness (QED) is 0.577. The van der Waals surface area contributed by atoms with E-state index in [1.165, 1.54) is 18.6 Å². The maximum Gasteiger partial charge on any atom is 0.271 e. The fraction of sp³-hybridized carbons (Fsp3) is 0.368. The lowest BCUT2D eigenvalue weighted by Crippen LogP contribution is -2.54. The second-order valence-electron chi connectivity index (χ2n) is 7.27. The molecule has 4 rings (SSSR count). The molecule has 0 spiro atoms. The molecule has 1 aliphatic heterocycles. The Balaban J connectivity index is 1.61.